The lowest BCUT2D eigenvalue weighted by atomic mass is 10.3. The lowest BCUT2D eigenvalue weighted by molar-refractivity contribution is 0.144. The number of sulfonamides is 1. The summed E-state index contributed by atoms with van der Waals surface area (Å²) in [6.07, 6.45) is -1.58. The van der Waals surface area contributed by atoms with Crippen molar-refractivity contribution in [3.8, 4) is 0 Å². The summed E-state index contributed by atoms with van der Waals surface area (Å²) >= 11 is 0. The number of halogens is 2. The van der Waals surface area contributed by atoms with Crippen LogP contribution in [0, 0.1) is 0 Å². The molecule has 0 aromatic carbocycles. The van der Waals surface area contributed by atoms with Crippen molar-refractivity contribution in [1.82, 2.24) is 9.78 Å². The number of alkyl halides is 2. The Labute approximate surface area is 79.6 Å². The Bertz CT molecular complexity index is 426. The summed E-state index contributed by atoms with van der Waals surface area (Å²) in [5, 5.41) is 8.18. The van der Waals surface area contributed by atoms with Crippen molar-refractivity contribution in [1.29, 1.82) is 0 Å². The van der Waals surface area contributed by atoms with Crippen molar-refractivity contribution in [2.45, 2.75) is 12.2 Å². The first-order valence-corrected chi connectivity index (χ1v) is 5.32. The third-order valence-corrected chi connectivity index (χ3v) is 2.21. The second-order valence-corrected chi connectivity index (χ2v) is 4.44. The average molecular weight is 225 g/mol. The van der Waals surface area contributed by atoms with Gasteiger partial charge >= 0.3 is 0 Å². The summed E-state index contributed by atoms with van der Waals surface area (Å²) in [5.41, 5.74) is -0.605. The highest BCUT2D eigenvalue weighted by Crippen LogP contribution is 2.21. The summed E-state index contributed by atoms with van der Waals surface area (Å²) in [6.45, 7) is 0. The summed E-state index contributed by atoms with van der Waals surface area (Å²) in [6, 6.07) is 0. The number of hydrogen-bond acceptors (Lipinski definition) is 3. The molecular formula is C6H9F2N3O2S. The van der Waals surface area contributed by atoms with Crippen molar-refractivity contribution in [2.75, 3.05) is 0 Å². The Morgan fingerprint density at radius 2 is 2.21 bits per heavy atom. The van der Waals surface area contributed by atoms with Crippen LogP contribution < -0.4 is 5.14 Å². The fourth-order valence-corrected chi connectivity index (χ4v) is 1.72. The predicted octanol–water partition coefficient (Wildman–Crippen LogP) is 0.146. The average Bonchev–Trinajstić information content (AvgIpc) is 2.27. The molecule has 0 bridgehead atoms. The van der Waals surface area contributed by atoms with Gasteiger partial charge in [-0.25, -0.2) is 22.3 Å². The first kappa shape index (κ1) is 11.1. The monoisotopic (exact) mass is 225 g/mol. The van der Waals surface area contributed by atoms with Crippen LogP contribution in [0.3, 0.4) is 0 Å². The Morgan fingerprint density at radius 3 is 2.64 bits per heavy atom. The van der Waals surface area contributed by atoms with E-state index in [9.17, 15) is 17.2 Å². The number of hydrogen-bond donors (Lipinski definition) is 1. The summed E-state index contributed by atoms with van der Waals surface area (Å²) in [4.78, 5) is 0. The summed E-state index contributed by atoms with van der Waals surface area (Å²) < 4.78 is 47.1. The quantitative estimate of drug-likeness (QED) is 0.795. The first-order chi connectivity index (χ1) is 6.29. The Morgan fingerprint density at radius 1 is 1.64 bits per heavy atom. The number of aromatic nitrogens is 2. The SMILES string of the molecule is Cn1cc(CS(N)(=O)=O)c(C(F)F)n1. The second kappa shape index (κ2) is 3.62. The van der Waals surface area contributed by atoms with Gasteiger partial charge in [-0.2, -0.15) is 5.10 Å². The largest absolute Gasteiger partial charge is 0.282 e. The molecule has 80 valence electrons. The van der Waals surface area contributed by atoms with Crippen LogP contribution in [0.25, 0.3) is 0 Å². The van der Waals surface area contributed by atoms with Gasteiger partial charge in [0.15, 0.2) is 0 Å². The molecule has 1 aromatic heterocycles. The molecule has 2 N–H and O–H groups in total. The lowest BCUT2D eigenvalue weighted by Crippen LogP contribution is -2.15. The van der Waals surface area contributed by atoms with Gasteiger partial charge in [0.2, 0.25) is 10.0 Å². The van der Waals surface area contributed by atoms with E-state index in [0.717, 1.165) is 4.68 Å². The normalized spacial score (nSPS) is 12.4. The minimum Gasteiger partial charge on any atom is -0.275 e. The number of aryl methyl sites for hydroxylation is 1. The van der Waals surface area contributed by atoms with Crippen molar-refractivity contribution in [3.05, 3.63) is 17.5 Å². The van der Waals surface area contributed by atoms with Crippen LogP contribution in [0.5, 0.6) is 0 Å². The van der Waals surface area contributed by atoms with E-state index in [1.165, 1.54) is 13.2 Å². The van der Waals surface area contributed by atoms with Crippen LogP contribution >= 0.6 is 0 Å². The Balaban J connectivity index is 3.08. The molecule has 14 heavy (non-hydrogen) atoms. The minimum atomic E-state index is -3.81. The molecule has 0 aliphatic rings. The van der Waals surface area contributed by atoms with Gasteiger partial charge in [-0.05, 0) is 0 Å². The van der Waals surface area contributed by atoms with E-state index < -0.39 is 27.9 Å². The molecule has 0 radical (unpaired) electrons. The minimum absolute atomic E-state index is 0.0648. The molecule has 1 rings (SSSR count). The first-order valence-electron chi connectivity index (χ1n) is 3.60. The van der Waals surface area contributed by atoms with E-state index in [4.69, 9.17) is 5.14 Å². The molecule has 0 atom stereocenters. The maximum Gasteiger partial charge on any atom is 0.282 e. The summed E-state index contributed by atoms with van der Waals surface area (Å²) in [5.74, 6) is -0.624. The molecule has 5 nitrogen and oxygen atoms in total. The third kappa shape index (κ3) is 2.74. The van der Waals surface area contributed by atoms with Crippen LogP contribution in [0.15, 0.2) is 6.20 Å². The molecule has 0 aliphatic heterocycles. The standard InChI is InChI=1S/C6H9F2N3O2S/c1-11-2-4(3-14(9,12)13)5(10-11)6(7)8/h2,6H,3H2,1H3,(H2,9,12,13). The van der Waals surface area contributed by atoms with Gasteiger partial charge in [0.25, 0.3) is 6.43 Å². The van der Waals surface area contributed by atoms with Gasteiger partial charge in [0.1, 0.15) is 5.69 Å². The highest BCUT2D eigenvalue weighted by Gasteiger charge is 2.20. The van der Waals surface area contributed by atoms with Crippen LogP contribution in [0.1, 0.15) is 17.7 Å². The molecular weight excluding hydrogens is 216 g/mol. The van der Waals surface area contributed by atoms with E-state index in [1.54, 1.807) is 0 Å². The Kier molecular flexibility index (Phi) is 2.86. The zero-order chi connectivity index (χ0) is 10.9. The number of nitrogens with two attached hydrogens (primary N) is 1. The van der Waals surface area contributed by atoms with Gasteiger partial charge in [0.05, 0.1) is 5.75 Å². The molecule has 0 amide bonds. The molecule has 0 fully saturated rings. The van der Waals surface area contributed by atoms with Crippen LogP contribution in [0.2, 0.25) is 0 Å². The molecule has 1 aromatic rings. The molecule has 0 aliphatic carbocycles. The molecule has 0 saturated heterocycles. The third-order valence-electron chi connectivity index (χ3n) is 1.50. The van der Waals surface area contributed by atoms with E-state index in [2.05, 4.69) is 5.10 Å². The van der Waals surface area contributed by atoms with Crippen LogP contribution in [-0.2, 0) is 22.8 Å². The van der Waals surface area contributed by atoms with Crippen LogP contribution in [0.4, 0.5) is 8.78 Å². The topological polar surface area (TPSA) is 78.0 Å². The zero-order valence-electron chi connectivity index (χ0n) is 7.31. The fraction of sp³-hybridized carbons (Fsp3) is 0.500. The molecule has 0 saturated carbocycles. The predicted molar refractivity (Wildman–Crippen MR) is 45.0 cm³/mol. The fourth-order valence-electron chi connectivity index (χ4n) is 1.07. The highest BCUT2D eigenvalue weighted by molar-refractivity contribution is 7.88. The van der Waals surface area contributed by atoms with E-state index in [0.29, 0.717) is 0 Å². The molecule has 8 heteroatoms. The highest BCUT2D eigenvalue weighted by atomic mass is 32.2. The maximum atomic E-state index is 12.3. The van der Waals surface area contributed by atoms with Gasteiger partial charge in [0, 0.05) is 18.8 Å². The van der Waals surface area contributed by atoms with Gasteiger partial charge < -0.3 is 0 Å². The van der Waals surface area contributed by atoms with Crippen molar-refractivity contribution >= 4 is 10.0 Å². The van der Waals surface area contributed by atoms with E-state index in [-0.39, 0.29) is 5.56 Å². The maximum absolute atomic E-state index is 12.3. The van der Waals surface area contributed by atoms with Crippen LogP contribution in [-0.4, -0.2) is 18.2 Å². The second-order valence-electron chi connectivity index (χ2n) is 2.82. The molecule has 0 spiro atoms. The van der Waals surface area contributed by atoms with Gasteiger partial charge in [-0.1, -0.05) is 0 Å². The number of primary sulfonamides is 1. The van der Waals surface area contributed by atoms with Gasteiger partial charge in [-0.15, -0.1) is 0 Å². The van der Waals surface area contributed by atoms with Crippen molar-refractivity contribution < 1.29 is 17.2 Å². The van der Waals surface area contributed by atoms with Crippen molar-refractivity contribution in [2.24, 2.45) is 12.2 Å². The van der Waals surface area contributed by atoms with Gasteiger partial charge in [-0.3, -0.25) is 4.68 Å². The molecule has 0 unspecified atom stereocenters. The van der Waals surface area contributed by atoms with E-state index in [1.807, 2.05) is 0 Å². The summed E-state index contributed by atoms with van der Waals surface area (Å²) in [7, 11) is -2.38. The van der Waals surface area contributed by atoms with E-state index >= 15 is 0 Å². The smallest absolute Gasteiger partial charge is 0.275 e. The Hall–Kier alpha value is -1.02. The number of nitrogens with zero attached hydrogens (tertiary/aromatic N) is 2. The molecule has 1 heterocycles. The lowest BCUT2D eigenvalue weighted by Gasteiger charge is -1.98. The van der Waals surface area contributed by atoms with Crippen molar-refractivity contribution in [3.63, 3.8) is 0 Å². The zero-order valence-corrected chi connectivity index (χ0v) is 8.13. The number of rotatable bonds is 3.